The highest BCUT2D eigenvalue weighted by molar-refractivity contribution is 6.32. The molecule has 1 aromatic rings. The summed E-state index contributed by atoms with van der Waals surface area (Å²) < 4.78 is 11.4. The van der Waals surface area contributed by atoms with Crippen molar-refractivity contribution in [1.82, 2.24) is 9.80 Å². The van der Waals surface area contributed by atoms with Crippen molar-refractivity contribution in [2.45, 2.75) is 43.7 Å². The van der Waals surface area contributed by atoms with E-state index in [0.717, 1.165) is 0 Å². The van der Waals surface area contributed by atoms with E-state index in [9.17, 15) is 34.2 Å². The van der Waals surface area contributed by atoms with Gasteiger partial charge < -0.3 is 30.3 Å². The average Bonchev–Trinajstić information content (AvgIpc) is 3.32. The number of amides is 1. The van der Waals surface area contributed by atoms with E-state index in [1.807, 2.05) is 43.9 Å². The zero-order chi connectivity index (χ0) is 31.8. The lowest BCUT2D eigenvalue weighted by atomic mass is 9.52. The van der Waals surface area contributed by atoms with Crippen molar-refractivity contribution in [3.63, 3.8) is 0 Å². The summed E-state index contributed by atoms with van der Waals surface area (Å²) in [6, 6.07) is 0.669. The number of hydrogen-bond acceptors (Lipinski definition) is 12. The second-order valence-corrected chi connectivity index (χ2v) is 12.9. The Hall–Kier alpha value is -3.23. The molecule has 2 saturated carbocycles. The second-order valence-electron chi connectivity index (χ2n) is 12.9. The molecule has 0 aromatic heterocycles. The number of ether oxygens (including phenoxy) is 2. The third-order valence-corrected chi connectivity index (χ3v) is 9.49. The number of carbonyl (C=O) groups excluding carboxylic acids is 5. The summed E-state index contributed by atoms with van der Waals surface area (Å²) >= 11 is 0. The molecule has 0 bridgehead atoms. The van der Waals surface area contributed by atoms with Gasteiger partial charge in [0.25, 0.3) is 0 Å². The maximum atomic E-state index is 14.2. The number of hydrogen-bond donors (Lipinski definition) is 3. The Morgan fingerprint density at radius 3 is 2.26 bits per heavy atom. The zero-order valence-electron chi connectivity index (χ0n) is 25.4. The Bertz CT molecular complexity index is 1400. The third kappa shape index (κ3) is 4.78. The van der Waals surface area contributed by atoms with Crippen LogP contribution < -0.4 is 10.6 Å². The number of nitrogens with two attached hydrogens (primary N) is 1. The number of nitrogens with zero attached hydrogens (tertiary/aromatic N) is 3. The normalized spacial score (nSPS) is 31.7. The quantitative estimate of drug-likeness (QED) is 0.330. The van der Waals surface area contributed by atoms with Gasteiger partial charge in [-0.2, -0.15) is 0 Å². The Morgan fingerprint density at radius 1 is 1.07 bits per heavy atom. The Labute approximate surface area is 249 Å². The van der Waals surface area contributed by atoms with E-state index in [1.54, 1.807) is 14.1 Å². The number of benzene rings is 1. The molecule has 5 rings (SSSR count). The van der Waals surface area contributed by atoms with Crippen LogP contribution in [0.25, 0.3) is 0 Å². The van der Waals surface area contributed by atoms with E-state index in [1.165, 1.54) is 4.90 Å². The van der Waals surface area contributed by atoms with E-state index in [-0.39, 0.29) is 30.7 Å². The summed E-state index contributed by atoms with van der Waals surface area (Å²) in [6.45, 7) is 3.40. The van der Waals surface area contributed by atoms with E-state index in [2.05, 4.69) is 0 Å². The molecule has 0 spiro atoms. The number of phenols is 1. The number of rotatable bonds is 7. The molecule has 234 valence electrons. The van der Waals surface area contributed by atoms with E-state index in [0.29, 0.717) is 36.6 Å². The molecule has 4 aliphatic rings. The molecule has 6 atom stereocenters. The minimum Gasteiger partial charge on any atom is -0.507 e. The topological polar surface area (TPSA) is 180 Å². The van der Waals surface area contributed by atoms with Crippen molar-refractivity contribution in [1.29, 1.82) is 0 Å². The van der Waals surface area contributed by atoms with Gasteiger partial charge in [-0.1, -0.05) is 0 Å². The Kier molecular flexibility index (Phi) is 7.79. The average molecular weight is 601 g/mol. The van der Waals surface area contributed by atoms with Crippen LogP contribution in [0.3, 0.4) is 0 Å². The maximum Gasteiger partial charge on any atom is 0.235 e. The largest absolute Gasteiger partial charge is 0.507 e. The number of aromatic hydroxyl groups is 1. The van der Waals surface area contributed by atoms with E-state index >= 15 is 0 Å². The summed E-state index contributed by atoms with van der Waals surface area (Å²) in [6.07, 6.45) is 0.198. The van der Waals surface area contributed by atoms with Gasteiger partial charge in [0.15, 0.2) is 40.4 Å². The highest BCUT2D eigenvalue weighted by Gasteiger charge is 2.69. The van der Waals surface area contributed by atoms with E-state index < -0.39 is 70.1 Å². The van der Waals surface area contributed by atoms with Crippen LogP contribution in [-0.2, 0) is 41.6 Å². The molecular formula is C30H40N4O9. The van der Waals surface area contributed by atoms with Crippen molar-refractivity contribution in [2.24, 2.45) is 29.4 Å². The van der Waals surface area contributed by atoms with Gasteiger partial charge in [-0.05, 0) is 58.5 Å². The van der Waals surface area contributed by atoms with Crippen molar-refractivity contribution >= 4 is 34.7 Å². The standard InChI is InChI=1S/C30H40N4O9/c1-29(42-7-8-43-29)13-34(6)12-15-11-18(32(2)3)16-9-14-10-17-22(33(4)5)25(37)21(28(31)40)27(39)30(17,41)26(38)19(14)24(36)20(16)23(15)35/h11,14,17,19,21-22,35,41H,7-10,12-13H2,1-6H3,(H2,31,40)/t14-,17-,19?,21?,22-,30-/m0/s1. The van der Waals surface area contributed by atoms with Gasteiger partial charge in [-0.3, -0.25) is 33.8 Å². The van der Waals surface area contributed by atoms with Gasteiger partial charge in [0.1, 0.15) is 5.75 Å². The van der Waals surface area contributed by atoms with Crippen molar-refractivity contribution in [3.05, 3.63) is 22.8 Å². The number of ketones is 4. The first-order valence-electron chi connectivity index (χ1n) is 14.4. The molecule has 43 heavy (non-hydrogen) atoms. The zero-order valence-corrected chi connectivity index (χ0v) is 25.4. The molecule has 4 N–H and O–H groups in total. The van der Waals surface area contributed by atoms with Crippen LogP contribution in [0.15, 0.2) is 6.07 Å². The number of anilines is 1. The van der Waals surface area contributed by atoms with Crippen LogP contribution in [0.5, 0.6) is 5.75 Å². The first kappa shape index (κ1) is 31.2. The second kappa shape index (κ2) is 10.7. The number of phenolic OH excluding ortho intramolecular Hbond substituents is 1. The third-order valence-electron chi connectivity index (χ3n) is 9.49. The van der Waals surface area contributed by atoms with Crippen LogP contribution in [-0.4, -0.2) is 121 Å². The fraction of sp³-hybridized carbons (Fsp3) is 0.633. The molecule has 1 aliphatic heterocycles. The van der Waals surface area contributed by atoms with Crippen molar-refractivity contribution in [2.75, 3.05) is 59.9 Å². The van der Waals surface area contributed by atoms with Gasteiger partial charge in [0, 0.05) is 37.8 Å². The fourth-order valence-corrected chi connectivity index (χ4v) is 7.71. The summed E-state index contributed by atoms with van der Waals surface area (Å²) in [4.78, 5) is 72.5. The smallest absolute Gasteiger partial charge is 0.235 e. The lowest BCUT2D eigenvalue weighted by Crippen LogP contribution is -2.74. The molecule has 1 aromatic carbocycles. The summed E-state index contributed by atoms with van der Waals surface area (Å²) in [5, 5.41) is 23.3. The Morgan fingerprint density at radius 2 is 1.70 bits per heavy atom. The molecule has 1 amide bonds. The lowest BCUT2D eigenvalue weighted by Gasteiger charge is -2.52. The molecule has 2 unspecified atom stereocenters. The highest BCUT2D eigenvalue weighted by atomic mass is 16.7. The summed E-state index contributed by atoms with van der Waals surface area (Å²) in [5.41, 5.74) is 4.29. The monoisotopic (exact) mass is 600 g/mol. The van der Waals surface area contributed by atoms with Crippen LogP contribution in [0, 0.1) is 23.7 Å². The molecule has 0 radical (unpaired) electrons. The molecule has 3 aliphatic carbocycles. The summed E-state index contributed by atoms with van der Waals surface area (Å²) in [5.74, 6) is -11.4. The lowest BCUT2D eigenvalue weighted by molar-refractivity contribution is -0.181. The van der Waals surface area contributed by atoms with Crippen LogP contribution in [0.2, 0.25) is 0 Å². The van der Waals surface area contributed by atoms with Gasteiger partial charge in [0.2, 0.25) is 5.91 Å². The molecule has 1 heterocycles. The summed E-state index contributed by atoms with van der Waals surface area (Å²) in [7, 11) is 8.57. The SMILES string of the molecule is CN(Cc1cc(N(C)C)c2c(c1O)C(=O)C1C(=O)[C@]3(O)C(=O)C(C(N)=O)C(=O)[C@@H](N(C)C)[C@@H]3C[C@@H]1C2)CC1(C)OCCO1. The van der Waals surface area contributed by atoms with Crippen LogP contribution in [0.1, 0.15) is 34.8 Å². The van der Waals surface area contributed by atoms with Gasteiger partial charge >= 0.3 is 0 Å². The molecule has 13 heteroatoms. The number of likely N-dealkylation sites (N-methyl/N-ethyl adjacent to an activating group) is 2. The molecule has 3 fully saturated rings. The number of carbonyl (C=O) groups is 5. The highest BCUT2D eigenvalue weighted by Crippen LogP contribution is 2.52. The minimum absolute atomic E-state index is 0.000593. The van der Waals surface area contributed by atoms with Crippen molar-refractivity contribution in [3.8, 4) is 5.75 Å². The van der Waals surface area contributed by atoms with E-state index in [4.69, 9.17) is 15.2 Å². The number of Topliss-reactive ketones (excluding diaryl/α,β-unsaturated/α-hetero) is 4. The molecule has 1 saturated heterocycles. The molecule has 13 nitrogen and oxygen atoms in total. The van der Waals surface area contributed by atoms with Crippen LogP contribution >= 0.6 is 0 Å². The maximum absolute atomic E-state index is 14.2. The first-order valence-corrected chi connectivity index (χ1v) is 14.4. The van der Waals surface area contributed by atoms with Gasteiger partial charge in [0.05, 0.1) is 37.3 Å². The molecular weight excluding hydrogens is 560 g/mol. The predicted molar refractivity (Wildman–Crippen MR) is 152 cm³/mol. The first-order chi connectivity index (χ1) is 20.0. The van der Waals surface area contributed by atoms with Gasteiger partial charge in [-0.25, -0.2) is 0 Å². The van der Waals surface area contributed by atoms with Crippen LogP contribution in [0.4, 0.5) is 5.69 Å². The predicted octanol–water partition coefficient (Wildman–Crippen LogP) is -0.872. The number of primary amides is 1. The minimum atomic E-state index is -2.76. The van der Waals surface area contributed by atoms with Crippen molar-refractivity contribution < 1.29 is 43.7 Å². The number of fused-ring (bicyclic) bond motifs is 3. The fourth-order valence-electron chi connectivity index (χ4n) is 7.71. The number of aliphatic hydroxyl groups is 1. The van der Waals surface area contributed by atoms with Gasteiger partial charge in [-0.15, -0.1) is 0 Å². The Balaban J connectivity index is 1.57.